The summed E-state index contributed by atoms with van der Waals surface area (Å²) in [5, 5.41) is 8.07. The smallest absolute Gasteiger partial charge is 0.222 e. The maximum Gasteiger partial charge on any atom is 0.222 e. The molecule has 0 aliphatic carbocycles. The number of hydrogen-bond acceptors (Lipinski definition) is 1. The van der Waals surface area contributed by atoms with E-state index in [1.807, 2.05) is 21.7 Å². The van der Waals surface area contributed by atoms with Crippen molar-refractivity contribution in [2.75, 3.05) is 6.61 Å². The van der Waals surface area contributed by atoms with Crippen LogP contribution in [0.4, 0.5) is 0 Å². The van der Waals surface area contributed by atoms with E-state index in [4.69, 9.17) is 5.11 Å². The summed E-state index contributed by atoms with van der Waals surface area (Å²) in [4.78, 5) is 0. The van der Waals surface area contributed by atoms with Gasteiger partial charge < -0.3 is 5.11 Å². The second kappa shape index (κ2) is 4.73. The van der Waals surface area contributed by atoms with Crippen LogP contribution in [0.3, 0.4) is 0 Å². The van der Waals surface area contributed by atoms with Crippen molar-refractivity contribution >= 4 is 21.7 Å². The molecule has 0 heterocycles. The third kappa shape index (κ3) is 4.73. The van der Waals surface area contributed by atoms with E-state index in [0.717, 1.165) is 11.0 Å². The van der Waals surface area contributed by atoms with Crippen LogP contribution in [0.1, 0.15) is 6.42 Å². The summed E-state index contributed by atoms with van der Waals surface area (Å²) in [5.41, 5.74) is 0. The first kappa shape index (κ1) is 5.73. The summed E-state index contributed by atoms with van der Waals surface area (Å²) in [6.07, 6.45) is 0.957. The van der Waals surface area contributed by atoms with E-state index in [1.54, 1.807) is 0 Å². The van der Waals surface area contributed by atoms with Crippen LogP contribution in [0.25, 0.3) is 0 Å². The zero-order valence-corrected chi connectivity index (χ0v) is 4.69. The van der Waals surface area contributed by atoms with Gasteiger partial charge in [-0.1, -0.05) is 6.42 Å². The molecule has 0 aromatic rings. The Balaban J connectivity index is 2.19. The van der Waals surface area contributed by atoms with Crippen molar-refractivity contribution in [1.29, 1.82) is 0 Å². The molecule has 0 saturated heterocycles. The quantitative estimate of drug-likeness (QED) is 0.464. The van der Waals surface area contributed by atoms with Gasteiger partial charge in [0.15, 0.2) is 0 Å². The molecule has 0 spiro atoms. The second-order valence-electron chi connectivity index (χ2n) is 0.931. The molecular formula is C3H7MgO. The zero-order valence-electron chi connectivity index (χ0n) is 3.28. The number of aliphatic hydroxyl groups excluding tert-OH is 1. The standard InChI is InChI=1S/C3H7O.Mg/c1-2-3-4;/h4H,1-3H2;. The van der Waals surface area contributed by atoms with Gasteiger partial charge in [0.2, 0.25) is 21.7 Å². The molecule has 2 heteroatoms. The van der Waals surface area contributed by atoms with E-state index >= 15 is 0 Å². The molecule has 0 unspecified atom stereocenters. The SMILES string of the molecule is OCC[CH2][Mg]. The summed E-state index contributed by atoms with van der Waals surface area (Å²) in [6, 6.07) is 0. The highest BCUT2D eigenvalue weighted by molar-refractivity contribution is 6.08. The maximum atomic E-state index is 8.07. The highest BCUT2D eigenvalue weighted by Gasteiger charge is 1.68. The van der Waals surface area contributed by atoms with Crippen LogP contribution in [0.2, 0.25) is 4.55 Å². The predicted octanol–water partition coefficient (Wildman–Crippen LogP) is -0.0444. The highest BCUT2D eigenvalue weighted by atomic mass is 24.4. The fourth-order valence-corrected chi connectivity index (χ4v) is 0.335. The first-order valence-electron chi connectivity index (χ1n) is 1.82. The largest absolute Gasteiger partial charge is 0.396 e. The Morgan fingerprint density at radius 1 is 1.60 bits per heavy atom. The Morgan fingerprint density at radius 3 is 2.20 bits per heavy atom. The third-order valence-electron chi connectivity index (χ3n) is 0.408. The van der Waals surface area contributed by atoms with Gasteiger partial charge in [-0.2, -0.15) is 4.55 Å². The zero-order chi connectivity index (χ0) is 4.12. The summed E-state index contributed by atoms with van der Waals surface area (Å²) < 4.78 is 1.12. The van der Waals surface area contributed by atoms with Crippen molar-refractivity contribution in [1.82, 2.24) is 0 Å². The van der Waals surface area contributed by atoms with Gasteiger partial charge in [0.05, 0.1) is 0 Å². The van der Waals surface area contributed by atoms with Gasteiger partial charge in [0, 0.05) is 6.61 Å². The van der Waals surface area contributed by atoms with Crippen molar-refractivity contribution in [2.24, 2.45) is 0 Å². The maximum absolute atomic E-state index is 8.07. The van der Waals surface area contributed by atoms with Crippen molar-refractivity contribution in [2.45, 2.75) is 11.0 Å². The highest BCUT2D eigenvalue weighted by Crippen LogP contribution is 1.76. The van der Waals surface area contributed by atoms with E-state index in [9.17, 15) is 0 Å². The van der Waals surface area contributed by atoms with Gasteiger partial charge >= 0.3 is 0 Å². The molecule has 0 aliphatic heterocycles. The van der Waals surface area contributed by atoms with Crippen LogP contribution in [-0.4, -0.2) is 33.4 Å². The number of hydrogen-bond donors (Lipinski definition) is 1. The lowest BCUT2D eigenvalue weighted by Gasteiger charge is -1.81. The van der Waals surface area contributed by atoms with Crippen molar-refractivity contribution in [3.63, 3.8) is 0 Å². The predicted molar refractivity (Wildman–Crippen MR) is 22.3 cm³/mol. The molecule has 1 nitrogen and oxygen atoms in total. The first-order valence-corrected chi connectivity index (χ1v) is 2.82. The van der Waals surface area contributed by atoms with E-state index < -0.39 is 0 Å². The minimum atomic E-state index is 0.351. The molecule has 0 amide bonds. The molecule has 27 valence electrons. The van der Waals surface area contributed by atoms with Gasteiger partial charge in [-0.05, 0) is 0 Å². The lowest BCUT2D eigenvalue weighted by Crippen LogP contribution is -1.77. The van der Waals surface area contributed by atoms with Crippen LogP contribution in [0.5, 0.6) is 0 Å². The molecule has 0 saturated carbocycles. The van der Waals surface area contributed by atoms with Crippen LogP contribution in [-0.2, 0) is 0 Å². The molecule has 0 bridgehead atoms. The van der Waals surface area contributed by atoms with Gasteiger partial charge in [-0.3, -0.25) is 0 Å². The van der Waals surface area contributed by atoms with E-state index in [0.29, 0.717) is 6.61 Å². The Bertz CT molecular complexity index is 14.4. The first-order chi connectivity index (χ1) is 2.41. The van der Waals surface area contributed by atoms with E-state index in [2.05, 4.69) is 0 Å². The molecule has 1 N–H and O–H groups in total. The average molecular weight is 83.4 g/mol. The number of aliphatic hydroxyl groups is 1. The molecule has 0 aliphatic rings. The summed E-state index contributed by atoms with van der Waals surface area (Å²) in [6.45, 7) is 0.351. The fourth-order valence-electron chi connectivity index (χ4n) is 0.112. The van der Waals surface area contributed by atoms with Crippen molar-refractivity contribution in [3.8, 4) is 0 Å². The van der Waals surface area contributed by atoms with Crippen molar-refractivity contribution in [3.05, 3.63) is 0 Å². The molecule has 0 aromatic heterocycles. The molecule has 0 aromatic carbocycles. The topological polar surface area (TPSA) is 20.2 Å². The molecule has 0 fully saturated rings. The molecule has 0 atom stereocenters. The van der Waals surface area contributed by atoms with Crippen LogP contribution >= 0.6 is 0 Å². The fraction of sp³-hybridized carbons (Fsp3) is 1.00. The van der Waals surface area contributed by atoms with Gasteiger partial charge in [-0.25, -0.2) is 0 Å². The summed E-state index contributed by atoms with van der Waals surface area (Å²) in [7, 11) is 0. The molecule has 5 heavy (non-hydrogen) atoms. The van der Waals surface area contributed by atoms with Crippen LogP contribution in [0.15, 0.2) is 0 Å². The lowest BCUT2D eigenvalue weighted by atomic mass is 10.5. The van der Waals surface area contributed by atoms with E-state index in [-0.39, 0.29) is 0 Å². The normalized spacial score (nSPS) is 8.00. The minimum Gasteiger partial charge on any atom is -0.396 e. The lowest BCUT2D eigenvalue weighted by molar-refractivity contribution is 0.295. The third-order valence-corrected chi connectivity index (χ3v) is 0.908. The molecular weight excluding hydrogens is 76.3 g/mol. The van der Waals surface area contributed by atoms with Gasteiger partial charge in [0.25, 0.3) is 0 Å². The Labute approximate surface area is 44.8 Å². The van der Waals surface area contributed by atoms with Crippen LogP contribution in [0, 0.1) is 0 Å². The molecule has 0 rings (SSSR count). The summed E-state index contributed by atoms with van der Waals surface area (Å²) in [5.74, 6) is 0. The van der Waals surface area contributed by atoms with Crippen LogP contribution < -0.4 is 0 Å². The second-order valence-corrected chi connectivity index (χ2v) is 1.64. The number of rotatable bonds is 2. The average Bonchev–Trinajstić information content (AvgIpc) is 1.41. The Hall–Kier alpha value is 0.726. The molecule has 1 radical (unpaired) electrons. The minimum absolute atomic E-state index is 0.351. The van der Waals surface area contributed by atoms with Crippen molar-refractivity contribution < 1.29 is 5.11 Å². The monoisotopic (exact) mass is 83.0 g/mol. The van der Waals surface area contributed by atoms with Gasteiger partial charge in [0.1, 0.15) is 0 Å². The van der Waals surface area contributed by atoms with Gasteiger partial charge in [-0.15, -0.1) is 0 Å². The Kier molecular flexibility index (Phi) is 5.41. The van der Waals surface area contributed by atoms with E-state index in [1.165, 1.54) is 0 Å². The Morgan fingerprint density at radius 2 is 2.20 bits per heavy atom. The summed E-state index contributed by atoms with van der Waals surface area (Å²) >= 11 is 1.89.